The highest BCUT2D eigenvalue weighted by Gasteiger charge is 2.30. The van der Waals surface area contributed by atoms with Crippen LogP contribution in [-0.2, 0) is 0 Å². The van der Waals surface area contributed by atoms with E-state index in [1.54, 1.807) is 19.1 Å². The zero-order valence-corrected chi connectivity index (χ0v) is 18.8. The van der Waals surface area contributed by atoms with Crippen molar-refractivity contribution in [2.45, 2.75) is 39.0 Å². The fourth-order valence-electron chi connectivity index (χ4n) is 4.98. The van der Waals surface area contributed by atoms with Crippen molar-refractivity contribution in [3.05, 3.63) is 35.5 Å². The smallest absolute Gasteiger partial charge is 0.298 e. The first kappa shape index (κ1) is 21.2. The van der Waals surface area contributed by atoms with Crippen LogP contribution in [0.3, 0.4) is 0 Å². The van der Waals surface area contributed by atoms with E-state index in [-0.39, 0.29) is 17.4 Å². The van der Waals surface area contributed by atoms with E-state index in [2.05, 4.69) is 25.0 Å². The summed E-state index contributed by atoms with van der Waals surface area (Å²) < 4.78 is 20.5. The number of hydrogen-bond donors (Lipinski definition) is 1. The average molecular weight is 442 g/mol. The van der Waals surface area contributed by atoms with Gasteiger partial charge in [-0.25, -0.2) is 4.39 Å². The molecule has 172 valence electrons. The Hall–Kier alpha value is -2.61. The number of nitrogens with one attached hydrogen (secondary N) is 1. The predicted octanol–water partition coefficient (Wildman–Crippen LogP) is 3.90. The van der Waals surface area contributed by atoms with Crippen LogP contribution in [0.5, 0.6) is 0 Å². The molecule has 1 aromatic heterocycles. The molecule has 0 radical (unpaired) electrons. The van der Waals surface area contributed by atoms with Crippen molar-refractivity contribution in [2.75, 3.05) is 60.9 Å². The lowest BCUT2D eigenvalue weighted by Gasteiger charge is -2.32. The molecule has 3 fully saturated rings. The Balaban J connectivity index is 1.22. The van der Waals surface area contributed by atoms with Gasteiger partial charge in [-0.3, -0.25) is 4.79 Å². The number of piperidine rings is 1. The van der Waals surface area contributed by atoms with Gasteiger partial charge in [0.25, 0.3) is 11.9 Å². The van der Waals surface area contributed by atoms with E-state index in [1.807, 2.05) is 0 Å². The van der Waals surface area contributed by atoms with Gasteiger partial charge in [0.05, 0.1) is 5.69 Å². The number of oxazole rings is 1. The van der Waals surface area contributed by atoms with Crippen molar-refractivity contribution in [1.29, 1.82) is 0 Å². The molecule has 32 heavy (non-hydrogen) atoms. The molecule has 3 aliphatic rings. The maximum atomic E-state index is 14.7. The summed E-state index contributed by atoms with van der Waals surface area (Å²) in [5.41, 5.74) is 1.28. The summed E-state index contributed by atoms with van der Waals surface area (Å²) >= 11 is 0. The van der Waals surface area contributed by atoms with Gasteiger partial charge in [0.2, 0.25) is 0 Å². The number of aromatic nitrogens is 1. The van der Waals surface area contributed by atoms with Crippen molar-refractivity contribution >= 4 is 23.3 Å². The van der Waals surface area contributed by atoms with Gasteiger partial charge < -0.3 is 24.4 Å². The lowest BCUT2D eigenvalue weighted by Crippen LogP contribution is -2.41. The van der Waals surface area contributed by atoms with E-state index in [0.717, 1.165) is 52.0 Å². The first-order chi connectivity index (χ1) is 15.6. The highest BCUT2D eigenvalue weighted by Crippen LogP contribution is 2.28. The molecule has 0 aliphatic carbocycles. The fourth-order valence-corrected chi connectivity index (χ4v) is 4.98. The Morgan fingerprint density at radius 3 is 2.66 bits per heavy atom. The minimum absolute atomic E-state index is 0.256. The first-order valence-electron chi connectivity index (χ1n) is 11.9. The molecular weight excluding hydrogens is 409 g/mol. The van der Waals surface area contributed by atoms with Crippen LogP contribution in [0.2, 0.25) is 0 Å². The minimum Gasteiger partial charge on any atom is -0.428 e. The van der Waals surface area contributed by atoms with Crippen molar-refractivity contribution in [3.8, 4) is 0 Å². The summed E-state index contributed by atoms with van der Waals surface area (Å²) in [6.45, 7) is 8.83. The molecule has 7 nitrogen and oxygen atoms in total. The Kier molecular flexibility index (Phi) is 6.04. The molecule has 2 aromatic rings. The summed E-state index contributed by atoms with van der Waals surface area (Å²) in [7, 11) is 0. The van der Waals surface area contributed by atoms with E-state index in [1.165, 1.54) is 32.0 Å². The van der Waals surface area contributed by atoms with Gasteiger partial charge in [0.1, 0.15) is 11.6 Å². The quantitative estimate of drug-likeness (QED) is 0.734. The van der Waals surface area contributed by atoms with Crippen LogP contribution in [0.1, 0.15) is 48.4 Å². The van der Waals surface area contributed by atoms with Crippen LogP contribution < -0.4 is 15.1 Å². The number of anilines is 3. The third kappa shape index (κ3) is 4.46. The second-order valence-corrected chi connectivity index (χ2v) is 9.32. The number of hydrogen-bond acceptors (Lipinski definition) is 6. The minimum atomic E-state index is -0.376. The summed E-state index contributed by atoms with van der Waals surface area (Å²) in [6.07, 6.45) is 5.78. The SMILES string of the molecule is Cc1oc(N2CCC(CN3CCC3)C2)nc1C(=O)Nc1ccc(N2CCCCC2)c(F)c1. The van der Waals surface area contributed by atoms with Gasteiger partial charge in [-0.15, -0.1) is 0 Å². The molecule has 3 saturated heterocycles. The molecule has 1 N–H and O–H groups in total. The van der Waals surface area contributed by atoms with Crippen LogP contribution in [0.15, 0.2) is 22.6 Å². The number of amides is 1. The zero-order chi connectivity index (χ0) is 22.1. The van der Waals surface area contributed by atoms with Crippen LogP contribution in [0.25, 0.3) is 0 Å². The highest BCUT2D eigenvalue weighted by atomic mass is 19.1. The Morgan fingerprint density at radius 1 is 1.12 bits per heavy atom. The molecule has 8 heteroatoms. The lowest BCUT2D eigenvalue weighted by atomic mass is 10.1. The van der Waals surface area contributed by atoms with Gasteiger partial charge >= 0.3 is 0 Å². The largest absolute Gasteiger partial charge is 0.428 e. The third-order valence-corrected chi connectivity index (χ3v) is 6.92. The Bertz CT molecular complexity index is 967. The van der Waals surface area contributed by atoms with E-state index in [4.69, 9.17) is 4.42 Å². The van der Waals surface area contributed by atoms with Gasteiger partial charge in [-0.05, 0) is 76.2 Å². The molecule has 1 amide bonds. The molecule has 1 aromatic carbocycles. The van der Waals surface area contributed by atoms with Crippen LogP contribution in [-0.4, -0.2) is 61.6 Å². The maximum absolute atomic E-state index is 14.7. The van der Waals surface area contributed by atoms with Crippen molar-refractivity contribution in [3.63, 3.8) is 0 Å². The van der Waals surface area contributed by atoms with Gasteiger partial charge in [0.15, 0.2) is 5.69 Å². The normalized spacial score (nSPS) is 21.6. The molecule has 0 bridgehead atoms. The summed E-state index contributed by atoms with van der Waals surface area (Å²) in [5, 5.41) is 2.78. The molecule has 1 atom stereocenters. The summed E-state index contributed by atoms with van der Waals surface area (Å²) in [4.78, 5) is 24.0. The number of nitrogens with zero attached hydrogens (tertiary/aromatic N) is 4. The molecule has 0 saturated carbocycles. The first-order valence-corrected chi connectivity index (χ1v) is 11.9. The summed E-state index contributed by atoms with van der Waals surface area (Å²) in [5.74, 6) is 0.404. The summed E-state index contributed by atoms with van der Waals surface area (Å²) in [6, 6.07) is 5.39. The number of halogens is 1. The average Bonchev–Trinajstić information content (AvgIpc) is 3.38. The zero-order valence-electron chi connectivity index (χ0n) is 18.8. The van der Waals surface area contributed by atoms with Gasteiger partial charge in [0, 0.05) is 38.4 Å². The molecule has 3 aliphatic heterocycles. The van der Waals surface area contributed by atoms with E-state index < -0.39 is 0 Å². The van der Waals surface area contributed by atoms with E-state index in [0.29, 0.717) is 29.1 Å². The van der Waals surface area contributed by atoms with Crippen molar-refractivity contribution in [1.82, 2.24) is 9.88 Å². The Morgan fingerprint density at radius 2 is 1.94 bits per heavy atom. The highest BCUT2D eigenvalue weighted by molar-refractivity contribution is 6.03. The van der Waals surface area contributed by atoms with Crippen LogP contribution in [0, 0.1) is 18.7 Å². The van der Waals surface area contributed by atoms with Gasteiger partial charge in [-0.2, -0.15) is 4.98 Å². The number of likely N-dealkylation sites (tertiary alicyclic amines) is 1. The second kappa shape index (κ2) is 9.10. The Labute approximate surface area is 188 Å². The number of rotatable bonds is 6. The second-order valence-electron chi connectivity index (χ2n) is 9.32. The molecule has 1 unspecified atom stereocenters. The van der Waals surface area contributed by atoms with Crippen molar-refractivity contribution in [2.24, 2.45) is 5.92 Å². The van der Waals surface area contributed by atoms with Crippen molar-refractivity contribution < 1.29 is 13.6 Å². The lowest BCUT2D eigenvalue weighted by molar-refractivity contribution is 0.102. The van der Waals surface area contributed by atoms with Gasteiger partial charge in [-0.1, -0.05) is 0 Å². The third-order valence-electron chi connectivity index (χ3n) is 6.92. The molecule has 4 heterocycles. The van der Waals surface area contributed by atoms with Crippen LogP contribution >= 0.6 is 0 Å². The molecule has 0 spiro atoms. The standard InChI is InChI=1S/C24H32FN5O2/c1-17-22(27-24(32-17)30-13-8-18(16-30)15-28-9-5-10-28)23(31)26-19-6-7-21(20(25)14-19)29-11-3-2-4-12-29/h6-7,14,18H,2-5,8-13,15-16H2,1H3,(H,26,31). The monoisotopic (exact) mass is 441 g/mol. The number of carbonyl (C=O) groups excluding carboxylic acids is 1. The van der Waals surface area contributed by atoms with Crippen LogP contribution in [0.4, 0.5) is 21.8 Å². The van der Waals surface area contributed by atoms with E-state index >= 15 is 0 Å². The maximum Gasteiger partial charge on any atom is 0.298 e. The number of aryl methyl sites for hydroxylation is 1. The fraction of sp³-hybridized carbons (Fsp3) is 0.583. The number of carbonyl (C=O) groups is 1. The molecule has 5 rings (SSSR count). The van der Waals surface area contributed by atoms with E-state index in [9.17, 15) is 9.18 Å². The predicted molar refractivity (Wildman–Crippen MR) is 123 cm³/mol. The molecular formula is C24H32FN5O2. The topological polar surface area (TPSA) is 64.9 Å². The number of benzene rings is 1.